The fourth-order valence-electron chi connectivity index (χ4n) is 1.62. The minimum atomic E-state index is 0.641. The monoisotopic (exact) mass is 294 g/mol. The molecule has 2 aromatic rings. The molecule has 17 heavy (non-hydrogen) atoms. The fourth-order valence-corrected chi connectivity index (χ4v) is 1.96. The van der Waals surface area contributed by atoms with Crippen molar-refractivity contribution in [1.29, 1.82) is 0 Å². The number of hydrogen-bond acceptors (Lipinski definition) is 2. The molecule has 1 aromatic heterocycles. The number of imidazole rings is 1. The molecule has 0 unspecified atom stereocenters. The molecule has 0 fully saturated rings. The maximum absolute atomic E-state index is 5.76. The number of nitrogens with zero attached hydrogens (tertiary/aromatic N) is 2. The Morgan fingerprint density at radius 1 is 1.41 bits per heavy atom. The van der Waals surface area contributed by atoms with Crippen LogP contribution in [0.15, 0.2) is 35.1 Å². The van der Waals surface area contributed by atoms with E-state index in [9.17, 15) is 0 Å². The van der Waals surface area contributed by atoms with Crippen LogP contribution in [0.25, 0.3) is 0 Å². The number of halogens is 1. The number of aryl methyl sites for hydroxylation is 2. The molecule has 0 N–H and O–H groups in total. The van der Waals surface area contributed by atoms with E-state index in [-0.39, 0.29) is 0 Å². The molecule has 0 amide bonds. The van der Waals surface area contributed by atoms with Gasteiger partial charge in [-0.15, -0.1) is 0 Å². The van der Waals surface area contributed by atoms with Gasteiger partial charge >= 0.3 is 0 Å². The molecule has 3 nitrogen and oxygen atoms in total. The number of benzene rings is 1. The van der Waals surface area contributed by atoms with Crippen molar-refractivity contribution >= 4 is 15.9 Å². The first-order chi connectivity index (χ1) is 8.16. The molecule has 0 spiro atoms. The zero-order chi connectivity index (χ0) is 12.3. The molecular weight excluding hydrogens is 280 g/mol. The number of hydrogen-bond donors (Lipinski definition) is 0. The van der Waals surface area contributed by atoms with E-state index in [0.29, 0.717) is 6.61 Å². The summed E-state index contributed by atoms with van der Waals surface area (Å²) in [6.07, 6.45) is 4.56. The van der Waals surface area contributed by atoms with Crippen LogP contribution in [0.1, 0.15) is 11.4 Å². The topological polar surface area (TPSA) is 27.1 Å². The summed E-state index contributed by atoms with van der Waals surface area (Å²) in [5, 5.41) is 0. The number of aromatic nitrogens is 2. The standard InChI is InChI=1S/C13H15BrN2O/c1-10-3-4-11(14)9-12(10)17-8-5-13-15-6-7-16(13)2/h3-4,6-7,9H,5,8H2,1-2H3. The average molecular weight is 295 g/mol. The zero-order valence-electron chi connectivity index (χ0n) is 9.98. The fraction of sp³-hybridized carbons (Fsp3) is 0.308. The molecule has 0 radical (unpaired) electrons. The molecule has 0 bridgehead atoms. The largest absolute Gasteiger partial charge is 0.493 e. The lowest BCUT2D eigenvalue weighted by molar-refractivity contribution is 0.315. The van der Waals surface area contributed by atoms with Crippen LogP contribution in [0.5, 0.6) is 5.75 Å². The first-order valence-corrected chi connectivity index (χ1v) is 6.31. The maximum atomic E-state index is 5.76. The third-order valence-electron chi connectivity index (χ3n) is 2.65. The highest BCUT2D eigenvalue weighted by Gasteiger charge is 2.02. The minimum Gasteiger partial charge on any atom is -0.493 e. The van der Waals surface area contributed by atoms with Crippen LogP contribution in [-0.4, -0.2) is 16.2 Å². The van der Waals surface area contributed by atoms with Gasteiger partial charge in [-0.1, -0.05) is 22.0 Å². The lowest BCUT2D eigenvalue weighted by Crippen LogP contribution is -2.06. The Kier molecular flexibility index (Phi) is 3.84. The van der Waals surface area contributed by atoms with Crippen molar-refractivity contribution in [3.05, 3.63) is 46.5 Å². The summed E-state index contributed by atoms with van der Waals surface area (Å²) in [6, 6.07) is 6.05. The summed E-state index contributed by atoms with van der Waals surface area (Å²) < 4.78 is 8.81. The lowest BCUT2D eigenvalue weighted by Gasteiger charge is -2.09. The molecular formula is C13H15BrN2O. The second-order valence-corrected chi connectivity index (χ2v) is 4.88. The van der Waals surface area contributed by atoms with Gasteiger partial charge in [0.2, 0.25) is 0 Å². The van der Waals surface area contributed by atoms with Crippen molar-refractivity contribution < 1.29 is 4.74 Å². The van der Waals surface area contributed by atoms with Crippen molar-refractivity contribution in [1.82, 2.24) is 9.55 Å². The van der Waals surface area contributed by atoms with Crippen LogP contribution in [0.4, 0.5) is 0 Å². The Balaban J connectivity index is 1.94. The van der Waals surface area contributed by atoms with Gasteiger partial charge < -0.3 is 9.30 Å². The summed E-state index contributed by atoms with van der Waals surface area (Å²) in [6.45, 7) is 2.69. The van der Waals surface area contributed by atoms with Crippen molar-refractivity contribution in [2.24, 2.45) is 7.05 Å². The van der Waals surface area contributed by atoms with Gasteiger partial charge in [0.1, 0.15) is 11.6 Å². The second kappa shape index (κ2) is 5.36. The zero-order valence-corrected chi connectivity index (χ0v) is 11.6. The van der Waals surface area contributed by atoms with Gasteiger partial charge in [-0.25, -0.2) is 4.98 Å². The van der Waals surface area contributed by atoms with Gasteiger partial charge in [0, 0.05) is 30.3 Å². The van der Waals surface area contributed by atoms with E-state index >= 15 is 0 Å². The highest BCUT2D eigenvalue weighted by Crippen LogP contribution is 2.22. The van der Waals surface area contributed by atoms with Crippen molar-refractivity contribution in [3.63, 3.8) is 0 Å². The van der Waals surface area contributed by atoms with E-state index in [1.54, 1.807) is 6.20 Å². The number of ether oxygens (including phenoxy) is 1. The quantitative estimate of drug-likeness (QED) is 0.866. The summed E-state index contributed by atoms with van der Waals surface area (Å²) >= 11 is 3.44. The van der Waals surface area contributed by atoms with Crippen LogP contribution < -0.4 is 4.74 Å². The molecule has 0 atom stereocenters. The molecule has 0 aliphatic carbocycles. The van der Waals surface area contributed by atoms with Crippen molar-refractivity contribution in [3.8, 4) is 5.75 Å². The van der Waals surface area contributed by atoms with Gasteiger partial charge in [0.05, 0.1) is 6.61 Å². The highest BCUT2D eigenvalue weighted by atomic mass is 79.9. The van der Waals surface area contributed by atoms with Gasteiger partial charge in [-0.05, 0) is 24.6 Å². The van der Waals surface area contributed by atoms with E-state index in [1.807, 2.05) is 42.9 Å². The third-order valence-corrected chi connectivity index (χ3v) is 3.15. The molecule has 0 saturated carbocycles. The smallest absolute Gasteiger partial charge is 0.123 e. The average Bonchev–Trinajstić information content (AvgIpc) is 2.70. The molecule has 0 saturated heterocycles. The van der Waals surface area contributed by atoms with Gasteiger partial charge in [-0.3, -0.25) is 0 Å². The Bertz CT molecular complexity index is 508. The first kappa shape index (κ1) is 12.2. The molecule has 0 aliphatic rings. The third kappa shape index (κ3) is 3.09. The Hall–Kier alpha value is -1.29. The molecule has 2 rings (SSSR count). The Morgan fingerprint density at radius 2 is 2.24 bits per heavy atom. The van der Waals surface area contributed by atoms with E-state index in [4.69, 9.17) is 4.74 Å². The van der Waals surface area contributed by atoms with E-state index in [0.717, 1.165) is 28.0 Å². The van der Waals surface area contributed by atoms with Crippen LogP contribution in [0.2, 0.25) is 0 Å². The minimum absolute atomic E-state index is 0.641. The lowest BCUT2D eigenvalue weighted by atomic mass is 10.2. The van der Waals surface area contributed by atoms with Gasteiger partial charge in [0.25, 0.3) is 0 Å². The summed E-state index contributed by atoms with van der Waals surface area (Å²) in [5.74, 6) is 1.96. The van der Waals surface area contributed by atoms with E-state index in [2.05, 4.69) is 20.9 Å². The summed E-state index contributed by atoms with van der Waals surface area (Å²) in [7, 11) is 1.99. The van der Waals surface area contributed by atoms with Crippen LogP contribution >= 0.6 is 15.9 Å². The van der Waals surface area contributed by atoms with Crippen molar-refractivity contribution in [2.45, 2.75) is 13.3 Å². The molecule has 4 heteroatoms. The normalized spacial score (nSPS) is 10.5. The predicted octanol–water partition coefficient (Wildman–Crippen LogP) is 3.11. The highest BCUT2D eigenvalue weighted by molar-refractivity contribution is 9.10. The van der Waals surface area contributed by atoms with Crippen LogP contribution in [-0.2, 0) is 13.5 Å². The van der Waals surface area contributed by atoms with Crippen LogP contribution in [0, 0.1) is 6.92 Å². The Morgan fingerprint density at radius 3 is 2.94 bits per heavy atom. The predicted molar refractivity (Wildman–Crippen MR) is 71.3 cm³/mol. The van der Waals surface area contributed by atoms with E-state index < -0.39 is 0 Å². The van der Waals surface area contributed by atoms with Gasteiger partial charge in [-0.2, -0.15) is 0 Å². The first-order valence-electron chi connectivity index (χ1n) is 5.52. The van der Waals surface area contributed by atoms with Crippen molar-refractivity contribution in [2.75, 3.05) is 6.61 Å². The van der Waals surface area contributed by atoms with Crippen LogP contribution in [0.3, 0.4) is 0 Å². The molecule has 90 valence electrons. The summed E-state index contributed by atoms with van der Waals surface area (Å²) in [4.78, 5) is 4.26. The summed E-state index contributed by atoms with van der Waals surface area (Å²) in [5.41, 5.74) is 1.15. The number of rotatable bonds is 4. The Labute approximate surface area is 110 Å². The molecule has 1 aromatic carbocycles. The molecule has 0 aliphatic heterocycles. The molecule has 1 heterocycles. The van der Waals surface area contributed by atoms with E-state index in [1.165, 1.54) is 0 Å². The second-order valence-electron chi connectivity index (χ2n) is 3.96. The van der Waals surface area contributed by atoms with Gasteiger partial charge in [0.15, 0.2) is 0 Å². The SMILES string of the molecule is Cc1ccc(Br)cc1OCCc1nccn1C. The maximum Gasteiger partial charge on any atom is 0.123 e.